The molecule has 9 heteroatoms. The van der Waals surface area contributed by atoms with Crippen LogP contribution in [0.1, 0.15) is 28.8 Å². The molecule has 0 unspecified atom stereocenters. The van der Waals surface area contributed by atoms with E-state index in [0.717, 1.165) is 24.1 Å². The number of carbonyl (C=O) groups excluding carboxylic acids is 1. The van der Waals surface area contributed by atoms with Gasteiger partial charge in [0.25, 0.3) is 5.91 Å². The van der Waals surface area contributed by atoms with E-state index in [9.17, 15) is 13.2 Å². The molecule has 1 heterocycles. The van der Waals surface area contributed by atoms with Gasteiger partial charge in [-0.2, -0.15) is 0 Å². The third kappa shape index (κ3) is 5.30. The van der Waals surface area contributed by atoms with Crippen LogP contribution in [0, 0.1) is 0 Å². The van der Waals surface area contributed by atoms with Gasteiger partial charge >= 0.3 is 0 Å². The Morgan fingerprint density at radius 2 is 1.75 bits per heavy atom. The minimum atomic E-state index is -3.76. The van der Waals surface area contributed by atoms with E-state index in [4.69, 9.17) is 5.73 Å². The summed E-state index contributed by atoms with van der Waals surface area (Å²) in [6.07, 6.45) is 5.21. The van der Waals surface area contributed by atoms with Gasteiger partial charge in [-0.05, 0) is 60.9 Å². The summed E-state index contributed by atoms with van der Waals surface area (Å²) in [5, 5.41) is 5.83. The zero-order valence-corrected chi connectivity index (χ0v) is 18.0. The summed E-state index contributed by atoms with van der Waals surface area (Å²) >= 11 is 0. The second-order valence-corrected chi connectivity index (χ2v) is 9.43. The highest BCUT2D eigenvalue weighted by Crippen LogP contribution is 2.23. The first-order valence-electron chi connectivity index (χ1n) is 10.1. The van der Waals surface area contributed by atoms with Crippen molar-refractivity contribution in [3.05, 3.63) is 84.2 Å². The average Bonchev–Trinajstić information content (AvgIpc) is 3.63. The van der Waals surface area contributed by atoms with Gasteiger partial charge in [-0.25, -0.2) is 13.4 Å². The molecular weight excluding hydrogens is 426 g/mol. The summed E-state index contributed by atoms with van der Waals surface area (Å²) in [5.41, 5.74) is 7.81. The number of aliphatic imine (C=N–C) groups is 1. The maximum atomic E-state index is 13.0. The van der Waals surface area contributed by atoms with Crippen molar-refractivity contribution >= 4 is 27.4 Å². The highest BCUT2D eigenvalue weighted by Gasteiger charge is 2.25. The van der Waals surface area contributed by atoms with E-state index >= 15 is 0 Å². The Balaban J connectivity index is 1.44. The van der Waals surface area contributed by atoms with Crippen LogP contribution in [-0.4, -0.2) is 31.3 Å². The number of nitrogens with two attached hydrogens (primary N) is 1. The van der Waals surface area contributed by atoms with Crippen LogP contribution in [0.3, 0.4) is 0 Å². The number of anilines is 1. The van der Waals surface area contributed by atoms with Crippen LogP contribution in [-0.2, 0) is 16.4 Å². The second kappa shape index (κ2) is 9.19. The lowest BCUT2D eigenvalue weighted by atomic mass is 10.2. The van der Waals surface area contributed by atoms with Crippen molar-refractivity contribution in [2.75, 3.05) is 5.32 Å². The van der Waals surface area contributed by atoms with E-state index in [-0.39, 0.29) is 27.7 Å². The van der Waals surface area contributed by atoms with Crippen molar-refractivity contribution in [1.29, 1.82) is 0 Å². The molecule has 1 aliphatic rings. The summed E-state index contributed by atoms with van der Waals surface area (Å²) in [6, 6.07) is 16.3. The molecule has 4 rings (SSSR count). The largest absolute Gasteiger partial charge is 0.370 e. The zero-order valence-electron chi connectivity index (χ0n) is 17.2. The summed E-state index contributed by atoms with van der Waals surface area (Å²) in [6.45, 7) is 0.293. The Morgan fingerprint density at radius 1 is 1.03 bits per heavy atom. The summed E-state index contributed by atoms with van der Waals surface area (Å²) in [5.74, 6) is -0.00934. The molecule has 164 valence electrons. The number of aromatic nitrogens is 1. The number of rotatable bonds is 7. The molecule has 4 N–H and O–H groups in total. The van der Waals surface area contributed by atoms with Crippen LogP contribution in [0.25, 0.3) is 0 Å². The van der Waals surface area contributed by atoms with Crippen molar-refractivity contribution in [1.82, 2.24) is 10.3 Å². The fourth-order valence-corrected chi connectivity index (χ4v) is 4.32. The fraction of sp³-hybridized carbons (Fsp3) is 0.174. The number of sulfone groups is 1. The van der Waals surface area contributed by atoms with Gasteiger partial charge in [-0.1, -0.05) is 18.2 Å². The number of nitrogens with one attached hydrogen (secondary N) is 2. The molecule has 3 aromatic rings. The third-order valence-electron chi connectivity index (χ3n) is 4.94. The van der Waals surface area contributed by atoms with Gasteiger partial charge in [0, 0.05) is 29.7 Å². The average molecular weight is 450 g/mol. The molecule has 2 aromatic carbocycles. The van der Waals surface area contributed by atoms with Crippen LogP contribution < -0.4 is 16.4 Å². The predicted octanol–water partition coefficient (Wildman–Crippen LogP) is 2.73. The van der Waals surface area contributed by atoms with Crippen LogP contribution in [0.4, 0.5) is 5.69 Å². The molecular formula is C23H23N5O3S. The molecule has 8 nitrogen and oxygen atoms in total. The quantitative estimate of drug-likeness (QED) is 0.376. The van der Waals surface area contributed by atoms with Gasteiger partial charge in [0.05, 0.1) is 16.3 Å². The molecule has 0 radical (unpaired) electrons. The van der Waals surface area contributed by atoms with E-state index in [0.29, 0.717) is 12.1 Å². The Hall–Kier alpha value is -3.72. The molecule has 1 saturated carbocycles. The van der Waals surface area contributed by atoms with Gasteiger partial charge in [-0.15, -0.1) is 0 Å². The molecule has 0 atom stereocenters. The number of hydrogen-bond acceptors (Lipinski definition) is 5. The van der Waals surface area contributed by atoms with E-state index in [1.54, 1.807) is 48.8 Å². The summed E-state index contributed by atoms with van der Waals surface area (Å²) in [7, 11) is -3.76. The lowest BCUT2D eigenvalue weighted by Crippen LogP contribution is -2.25. The van der Waals surface area contributed by atoms with Gasteiger partial charge < -0.3 is 16.4 Å². The Labute approximate surface area is 186 Å². The van der Waals surface area contributed by atoms with Crippen LogP contribution >= 0.6 is 0 Å². The normalized spacial score (nSPS) is 14.1. The Bertz CT molecular complexity index is 1240. The number of carbonyl (C=O) groups is 1. The molecule has 0 aliphatic heterocycles. The molecule has 0 saturated heterocycles. The molecule has 32 heavy (non-hydrogen) atoms. The van der Waals surface area contributed by atoms with Crippen molar-refractivity contribution < 1.29 is 13.2 Å². The van der Waals surface area contributed by atoms with Gasteiger partial charge in [0.2, 0.25) is 9.84 Å². The number of hydrogen-bond donors (Lipinski definition) is 3. The second-order valence-electron chi connectivity index (χ2n) is 7.49. The molecule has 0 spiro atoms. The minimum absolute atomic E-state index is 0.0810. The van der Waals surface area contributed by atoms with Crippen LogP contribution in [0.15, 0.2) is 87.8 Å². The van der Waals surface area contributed by atoms with Crippen molar-refractivity contribution in [2.45, 2.75) is 35.2 Å². The smallest absolute Gasteiger partial charge is 0.251 e. The third-order valence-corrected chi connectivity index (χ3v) is 6.70. The Kier molecular flexibility index (Phi) is 6.18. The summed E-state index contributed by atoms with van der Waals surface area (Å²) in [4.78, 5) is 20.7. The standard InChI is InChI=1S/C23H23N5O3S/c24-23(28-19-10-12-25-13-11-19)26-15-16-4-8-20(9-5-16)32(30,31)21-3-1-2-17(14-21)22(29)27-18-6-7-18/h1-5,8-14,18H,6-7,15H2,(H,27,29)(H3,24,25,26,28). The number of guanidine groups is 1. The van der Waals surface area contributed by atoms with Crippen molar-refractivity contribution in [2.24, 2.45) is 10.7 Å². The summed E-state index contributed by atoms with van der Waals surface area (Å²) < 4.78 is 26.1. The number of nitrogens with zero attached hydrogens (tertiary/aromatic N) is 2. The Morgan fingerprint density at radius 3 is 2.44 bits per heavy atom. The lowest BCUT2D eigenvalue weighted by Gasteiger charge is -2.08. The molecule has 1 aliphatic carbocycles. The van der Waals surface area contributed by atoms with E-state index in [2.05, 4.69) is 20.6 Å². The molecule has 0 bridgehead atoms. The maximum Gasteiger partial charge on any atom is 0.251 e. The van der Waals surface area contributed by atoms with Crippen LogP contribution in [0.2, 0.25) is 0 Å². The highest BCUT2D eigenvalue weighted by atomic mass is 32.2. The van der Waals surface area contributed by atoms with Gasteiger partial charge in [-0.3, -0.25) is 9.78 Å². The number of pyridine rings is 1. The van der Waals surface area contributed by atoms with Crippen molar-refractivity contribution in [3.63, 3.8) is 0 Å². The van der Waals surface area contributed by atoms with Crippen molar-refractivity contribution in [3.8, 4) is 0 Å². The topological polar surface area (TPSA) is 127 Å². The van der Waals surface area contributed by atoms with Crippen LogP contribution in [0.5, 0.6) is 0 Å². The van der Waals surface area contributed by atoms with E-state index in [1.807, 2.05) is 0 Å². The van der Waals surface area contributed by atoms with E-state index < -0.39 is 9.84 Å². The zero-order chi connectivity index (χ0) is 22.6. The maximum absolute atomic E-state index is 13.0. The highest BCUT2D eigenvalue weighted by molar-refractivity contribution is 7.91. The molecule has 1 fully saturated rings. The minimum Gasteiger partial charge on any atom is -0.370 e. The first-order valence-corrected chi connectivity index (χ1v) is 11.6. The lowest BCUT2D eigenvalue weighted by molar-refractivity contribution is 0.0951. The fourth-order valence-electron chi connectivity index (χ4n) is 3.01. The SMILES string of the molecule is NC(=NCc1ccc(S(=O)(=O)c2cccc(C(=O)NC3CC3)c2)cc1)Nc1ccncc1. The first-order chi connectivity index (χ1) is 15.4. The monoisotopic (exact) mass is 449 g/mol. The van der Waals surface area contributed by atoms with Gasteiger partial charge in [0.15, 0.2) is 5.96 Å². The van der Waals surface area contributed by atoms with E-state index in [1.165, 1.54) is 24.3 Å². The molecule has 1 amide bonds. The predicted molar refractivity (Wildman–Crippen MR) is 122 cm³/mol. The van der Waals surface area contributed by atoms with Gasteiger partial charge in [0.1, 0.15) is 0 Å². The number of amides is 1. The molecule has 1 aromatic heterocycles. The number of benzene rings is 2. The first kappa shape index (κ1) is 21.5.